The average Bonchev–Trinajstić information content (AvgIpc) is 2.41. The number of carbonyl (C=O) groups is 1. The van der Waals surface area contributed by atoms with Crippen molar-refractivity contribution in [3.05, 3.63) is 66.2 Å². The number of rotatable bonds is 4. The number of amides is 1. The molecule has 0 aliphatic carbocycles. The molecule has 2 aromatic carbocycles. The summed E-state index contributed by atoms with van der Waals surface area (Å²) >= 11 is 1.36. The van der Waals surface area contributed by atoms with Crippen LogP contribution in [0.15, 0.2) is 65.6 Å². The molecule has 2 N–H and O–H groups in total. The summed E-state index contributed by atoms with van der Waals surface area (Å²) in [6.07, 6.45) is 0. The molecule has 0 saturated carbocycles. The molecule has 2 rings (SSSR count). The smallest absolute Gasteiger partial charge is 0.266 e. The first-order valence-electron chi connectivity index (χ1n) is 5.18. The van der Waals surface area contributed by atoms with Crippen LogP contribution in [0.3, 0.4) is 0 Å². The molecular weight excluding hydrogens is 232 g/mol. The molecule has 0 unspecified atom stereocenters. The molecule has 17 heavy (non-hydrogen) atoms. The van der Waals surface area contributed by atoms with Gasteiger partial charge < -0.3 is 0 Å². The minimum Gasteiger partial charge on any atom is -0.277 e. The summed E-state index contributed by atoms with van der Waals surface area (Å²) in [6.45, 7) is 0. The summed E-state index contributed by atoms with van der Waals surface area (Å²) in [5.74, 6) is -0.144. The van der Waals surface area contributed by atoms with Crippen molar-refractivity contribution in [1.82, 2.24) is 10.3 Å². The van der Waals surface area contributed by atoms with E-state index < -0.39 is 0 Å². The van der Waals surface area contributed by atoms with Gasteiger partial charge in [-0.05, 0) is 36.2 Å². The maximum atomic E-state index is 11.6. The number of carbonyl (C=O) groups excluding carboxylic acids is 1. The van der Waals surface area contributed by atoms with E-state index in [9.17, 15) is 4.79 Å². The highest BCUT2D eigenvalue weighted by Crippen LogP contribution is 2.11. The lowest BCUT2D eigenvalue weighted by Crippen LogP contribution is -2.32. The van der Waals surface area contributed by atoms with Gasteiger partial charge in [0.2, 0.25) is 0 Å². The van der Waals surface area contributed by atoms with Gasteiger partial charge in [0.15, 0.2) is 0 Å². The van der Waals surface area contributed by atoms with Gasteiger partial charge >= 0.3 is 0 Å². The van der Waals surface area contributed by atoms with E-state index in [4.69, 9.17) is 0 Å². The highest BCUT2D eigenvalue weighted by atomic mass is 32.2. The predicted octanol–water partition coefficient (Wildman–Crippen LogP) is 2.63. The third-order valence-corrected chi connectivity index (χ3v) is 2.82. The number of benzene rings is 2. The van der Waals surface area contributed by atoms with E-state index in [0.717, 1.165) is 4.90 Å². The van der Waals surface area contributed by atoms with E-state index in [1.807, 2.05) is 48.5 Å². The van der Waals surface area contributed by atoms with Crippen LogP contribution in [0.1, 0.15) is 10.4 Å². The highest BCUT2D eigenvalue weighted by Gasteiger charge is 2.02. The monoisotopic (exact) mass is 244 g/mol. The van der Waals surface area contributed by atoms with Gasteiger partial charge in [0.25, 0.3) is 5.91 Å². The molecule has 3 nitrogen and oxygen atoms in total. The molecule has 0 saturated heterocycles. The second kappa shape index (κ2) is 6.08. The highest BCUT2D eigenvalue weighted by molar-refractivity contribution is 7.97. The number of nitrogens with one attached hydrogen (secondary N) is 2. The molecule has 0 aliphatic rings. The lowest BCUT2D eigenvalue weighted by Gasteiger charge is -2.05. The van der Waals surface area contributed by atoms with Gasteiger partial charge in [-0.3, -0.25) is 10.2 Å². The van der Waals surface area contributed by atoms with Crippen molar-refractivity contribution in [3.8, 4) is 0 Å². The Hall–Kier alpha value is -1.78. The topological polar surface area (TPSA) is 41.1 Å². The Bertz CT molecular complexity index is 473. The summed E-state index contributed by atoms with van der Waals surface area (Å²) in [7, 11) is 0. The van der Waals surface area contributed by atoms with Crippen LogP contribution in [0.2, 0.25) is 0 Å². The Morgan fingerprint density at radius 2 is 1.47 bits per heavy atom. The van der Waals surface area contributed by atoms with Gasteiger partial charge in [0, 0.05) is 10.5 Å². The van der Waals surface area contributed by atoms with Crippen molar-refractivity contribution in [2.24, 2.45) is 0 Å². The van der Waals surface area contributed by atoms with Gasteiger partial charge in [-0.25, -0.2) is 0 Å². The van der Waals surface area contributed by atoms with Crippen LogP contribution in [-0.2, 0) is 0 Å². The van der Waals surface area contributed by atoms with Gasteiger partial charge in [0.05, 0.1) is 0 Å². The number of hydrazine groups is 1. The minimum absolute atomic E-state index is 0.144. The fraction of sp³-hybridized carbons (Fsp3) is 0. The zero-order chi connectivity index (χ0) is 11.9. The third kappa shape index (κ3) is 3.62. The standard InChI is InChI=1S/C13H12N2OS/c16-13(11-7-3-1-4-8-11)14-15-17-12-9-5-2-6-10-12/h1-10,15H,(H,14,16). The summed E-state index contributed by atoms with van der Waals surface area (Å²) in [5.41, 5.74) is 3.25. The van der Waals surface area contributed by atoms with Crippen molar-refractivity contribution in [1.29, 1.82) is 0 Å². The summed E-state index contributed by atoms with van der Waals surface area (Å²) in [6, 6.07) is 18.9. The molecule has 1 amide bonds. The molecule has 0 radical (unpaired) electrons. The first-order valence-corrected chi connectivity index (χ1v) is 6.00. The Balaban J connectivity index is 1.82. The minimum atomic E-state index is -0.144. The Labute approximate surface area is 104 Å². The zero-order valence-electron chi connectivity index (χ0n) is 9.09. The fourth-order valence-corrected chi connectivity index (χ4v) is 1.84. The Morgan fingerprint density at radius 1 is 0.882 bits per heavy atom. The average molecular weight is 244 g/mol. The summed E-state index contributed by atoms with van der Waals surface area (Å²) < 4.78 is 0. The molecule has 0 aromatic heterocycles. The fourth-order valence-electron chi connectivity index (χ4n) is 1.28. The first-order chi connectivity index (χ1) is 8.36. The summed E-state index contributed by atoms with van der Waals surface area (Å²) in [4.78, 5) is 15.5. The molecule has 86 valence electrons. The quantitative estimate of drug-likeness (QED) is 0.641. The second-order valence-corrected chi connectivity index (χ2v) is 4.22. The Morgan fingerprint density at radius 3 is 2.12 bits per heavy atom. The zero-order valence-corrected chi connectivity index (χ0v) is 9.91. The molecular formula is C13H12N2OS. The van der Waals surface area contributed by atoms with Gasteiger partial charge in [-0.1, -0.05) is 36.4 Å². The van der Waals surface area contributed by atoms with E-state index in [-0.39, 0.29) is 5.91 Å². The van der Waals surface area contributed by atoms with Crippen LogP contribution < -0.4 is 10.3 Å². The molecule has 4 heteroatoms. The molecule has 0 spiro atoms. The van der Waals surface area contributed by atoms with Crippen LogP contribution in [0.4, 0.5) is 0 Å². The first kappa shape index (κ1) is 11.7. The van der Waals surface area contributed by atoms with E-state index in [1.165, 1.54) is 11.9 Å². The van der Waals surface area contributed by atoms with Gasteiger partial charge in [-0.2, -0.15) is 4.83 Å². The maximum Gasteiger partial charge on any atom is 0.266 e. The van der Waals surface area contributed by atoms with Crippen molar-refractivity contribution in [2.75, 3.05) is 0 Å². The summed E-state index contributed by atoms with van der Waals surface area (Å²) in [5, 5.41) is 0. The van der Waals surface area contributed by atoms with E-state index in [1.54, 1.807) is 12.1 Å². The molecule has 0 atom stereocenters. The van der Waals surface area contributed by atoms with E-state index >= 15 is 0 Å². The van der Waals surface area contributed by atoms with E-state index in [2.05, 4.69) is 10.3 Å². The maximum absolute atomic E-state index is 11.6. The second-order valence-electron chi connectivity index (χ2n) is 3.34. The molecule has 0 aliphatic heterocycles. The van der Waals surface area contributed by atoms with Crippen LogP contribution >= 0.6 is 11.9 Å². The van der Waals surface area contributed by atoms with Gasteiger partial charge in [0.1, 0.15) is 0 Å². The third-order valence-electron chi connectivity index (χ3n) is 2.11. The number of hydrogen-bond acceptors (Lipinski definition) is 3. The normalized spacial score (nSPS) is 9.88. The van der Waals surface area contributed by atoms with Crippen LogP contribution in [-0.4, -0.2) is 5.91 Å². The lowest BCUT2D eigenvalue weighted by atomic mass is 10.2. The lowest BCUT2D eigenvalue weighted by molar-refractivity contribution is 0.0947. The van der Waals surface area contributed by atoms with Crippen molar-refractivity contribution in [2.45, 2.75) is 4.90 Å². The van der Waals surface area contributed by atoms with E-state index in [0.29, 0.717) is 5.56 Å². The van der Waals surface area contributed by atoms with Crippen molar-refractivity contribution in [3.63, 3.8) is 0 Å². The largest absolute Gasteiger partial charge is 0.277 e. The molecule has 0 fully saturated rings. The SMILES string of the molecule is O=C(NNSc1ccccc1)c1ccccc1. The molecule has 2 aromatic rings. The van der Waals surface area contributed by atoms with Crippen LogP contribution in [0.25, 0.3) is 0 Å². The van der Waals surface area contributed by atoms with Crippen molar-refractivity contribution >= 4 is 17.9 Å². The predicted molar refractivity (Wildman–Crippen MR) is 69.3 cm³/mol. The van der Waals surface area contributed by atoms with Crippen molar-refractivity contribution < 1.29 is 4.79 Å². The number of hydrogen-bond donors (Lipinski definition) is 2. The molecule has 0 heterocycles. The van der Waals surface area contributed by atoms with Crippen LogP contribution in [0.5, 0.6) is 0 Å². The van der Waals surface area contributed by atoms with Gasteiger partial charge in [-0.15, -0.1) is 0 Å². The van der Waals surface area contributed by atoms with Crippen LogP contribution in [0, 0.1) is 0 Å². The Kier molecular flexibility index (Phi) is 4.18. The molecule has 0 bridgehead atoms.